The maximum Gasteiger partial charge on any atom is 0.333 e. The smallest absolute Gasteiger partial charge is 0.333 e. The number of hydrogen-bond donors (Lipinski definition) is 1. The minimum absolute atomic E-state index is 0.493. The number of unbranched alkanes of at least 4 members (excludes halogenated alkanes) is 1. The molecule has 0 amide bonds. The Morgan fingerprint density at radius 2 is 1.73 bits per heavy atom. The van der Waals surface area contributed by atoms with Crippen molar-refractivity contribution in [2.45, 2.75) is 47.0 Å². The standard InChI is InChI=1S/C12H23NO2/c1-5-8-9-11(10(4)12(14)15)13(6-2)7-3/h5-9H2,1-4H3,(H,14,15)/b11-10+. The lowest BCUT2D eigenvalue weighted by atomic mass is 10.1. The SMILES string of the molecule is CCCC/C(=C(/C)C(=O)O)N(CC)CC. The second kappa shape index (κ2) is 7.32. The summed E-state index contributed by atoms with van der Waals surface area (Å²) in [5.74, 6) is -0.798. The average Bonchev–Trinajstić information content (AvgIpc) is 2.23. The van der Waals surface area contributed by atoms with Gasteiger partial charge in [0.25, 0.3) is 0 Å². The molecule has 0 fully saturated rings. The predicted octanol–water partition coefficient (Wildman–Crippen LogP) is 2.88. The lowest BCUT2D eigenvalue weighted by Gasteiger charge is -2.25. The first-order chi connectivity index (χ1) is 7.08. The molecule has 0 unspecified atom stereocenters. The Balaban J connectivity index is 4.85. The summed E-state index contributed by atoms with van der Waals surface area (Å²) in [6.07, 6.45) is 3.02. The fraction of sp³-hybridized carbons (Fsp3) is 0.750. The molecule has 88 valence electrons. The first kappa shape index (κ1) is 14.0. The van der Waals surface area contributed by atoms with Crippen LogP contribution in [0.25, 0.3) is 0 Å². The highest BCUT2D eigenvalue weighted by Crippen LogP contribution is 2.17. The molecule has 0 saturated carbocycles. The number of hydrogen-bond acceptors (Lipinski definition) is 2. The molecule has 15 heavy (non-hydrogen) atoms. The summed E-state index contributed by atoms with van der Waals surface area (Å²) >= 11 is 0. The van der Waals surface area contributed by atoms with Crippen molar-refractivity contribution in [3.8, 4) is 0 Å². The molecule has 3 heteroatoms. The largest absolute Gasteiger partial charge is 0.478 e. The monoisotopic (exact) mass is 213 g/mol. The molecule has 0 atom stereocenters. The van der Waals surface area contributed by atoms with Crippen LogP contribution in [-0.4, -0.2) is 29.1 Å². The van der Waals surface area contributed by atoms with Gasteiger partial charge in [0.05, 0.1) is 5.57 Å². The minimum Gasteiger partial charge on any atom is -0.478 e. The second-order valence-electron chi connectivity index (χ2n) is 3.65. The molecule has 0 aromatic heterocycles. The normalized spacial score (nSPS) is 12.3. The number of nitrogens with zero attached hydrogens (tertiary/aromatic N) is 1. The molecular weight excluding hydrogens is 190 g/mol. The molecule has 0 bridgehead atoms. The Labute approximate surface area is 92.8 Å². The highest BCUT2D eigenvalue weighted by Gasteiger charge is 2.13. The highest BCUT2D eigenvalue weighted by molar-refractivity contribution is 5.86. The van der Waals surface area contributed by atoms with E-state index in [2.05, 4.69) is 25.7 Å². The van der Waals surface area contributed by atoms with Crippen LogP contribution in [0.3, 0.4) is 0 Å². The molecule has 0 radical (unpaired) electrons. The summed E-state index contributed by atoms with van der Waals surface area (Å²) in [5, 5.41) is 9.01. The highest BCUT2D eigenvalue weighted by atomic mass is 16.4. The predicted molar refractivity (Wildman–Crippen MR) is 62.8 cm³/mol. The molecule has 1 N–H and O–H groups in total. The summed E-state index contributed by atoms with van der Waals surface area (Å²) in [5.41, 5.74) is 1.49. The first-order valence-electron chi connectivity index (χ1n) is 5.76. The van der Waals surface area contributed by atoms with Crippen LogP contribution in [-0.2, 0) is 4.79 Å². The molecule has 0 aliphatic heterocycles. The number of carboxylic acid groups (broad SMARTS) is 1. The van der Waals surface area contributed by atoms with Gasteiger partial charge in [-0.2, -0.15) is 0 Å². The van der Waals surface area contributed by atoms with Crippen molar-refractivity contribution in [1.82, 2.24) is 4.90 Å². The summed E-state index contributed by atoms with van der Waals surface area (Å²) in [7, 11) is 0. The van der Waals surface area contributed by atoms with E-state index in [9.17, 15) is 4.79 Å². The zero-order valence-electron chi connectivity index (χ0n) is 10.3. The van der Waals surface area contributed by atoms with Crippen LogP contribution in [0.4, 0.5) is 0 Å². The van der Waals surface area contributed by atoms with Crippen molar-refractivity contribution in [2.24, 2.45) is 0 Å². The fourth-order valence-electron chi connectivity index (χ4n) is 1.66. The molecule has 0 heterocycles. The van der Waals surface area contributed by atoms with E-state index < -0.39 is 5.97 Å². The van der Waals surface area contributed by atoms with Crippen LogP contribution in [0.5, 0.6) is 0 Å². The molecule has 0 aromatic carbocycles. The fourth-order valence-corrected chi connectivity index (χ4v) is 1.66. The molecule has 0 aliphatic carbocycles. The van der Waals surface area contributed by atoms with Gasteiger partial charge in [-0.1, -0.05) is 13.3 Å². The quantitative estimate of drug-likeness (QED) is 0.661. The van der Waals surface area contributed by atoms with Gasteiger partial charge >= 0.3 is 5.97 Å². The zero-order chi connectivity index (χ0) is 11.8. The van der Waals surface area contributed by atoms with Gasteiger partial charge < -0.3 is 10.0 Å². The van der Waals surface area contributed by atoms with E-state index in [0.717, 1.165) is 38.0 Å². The maximum absolute atomic E-state index is 11.0. The molecule has 0 spiro atoms. The molecule has 0 aliphatic rings. The molecule has 0 saturated heterocycles. The molecule has 3 nitrogen and oxygen atoms in total. The van der Waals surface area contributed by atoms with E-state index >= 15 is 0 Å². The Morgan fingerprint density at radius 1 is 1.20 bits per heavy atom. The van der Waals surface area contributed by atoms with Gasteiger partial charge in [0, 0.05) is 18.8 Å². The van der Waals surface area contributed by atoms with Crippen molar-refractivity contribution in [3.05, 3.63) is 11.3 Å². The van der Waals surface area contributed by atoms with Crippen molar-refractivity contribution >= 4 is 5.97 Å². The number of allylic oxidation sites excluding steroid dienone is 1. The molecule has 0 rings (SSSR count). The number of carbonyl (C=O) groups is 1. The first-order valence-corrected chi connectivity index (χ1v) is 5.76. The van der Waals surface area contributed by atoms with Crippen LogP contribution in [0.15, 0.2) is 11.3 Å². The van der Waals surface area contributed by atoms with Crippen molar-refractivity contribution in [1.29, 1.82) is 0 Å². The van der Waals surface area contributed by atoms with Gasteiger partial charge in [0.2, 0.25) is 0 Å². The van der Waals surface area contributed by atoms with Crippen LogP contribution in [0, 0.1) is 0 Å². The lowest BCUT2D eigenvalue weighted by Crippen LogP contribution is -2.25. The molecular formula is C12H23NO2. The third-order valence-corrected chi connectivity index (χ3v) is 2.67. The van der Waals surface area contributed by atoms with Crippen LogP contribution >= 0.6 is 0 Å². The van der Waals surface area contributed by atoms with Gasteiger partial charge in [-0.3, -0.25) is 0 Å². The van der Waals surface area contributed by atoms with Crippen LogP contribution in [0.2, 0.25) is 0 Å². The van der Waals surface area contributed by atoms with Crippen molar-refractivity contribution < 1.29 is 9.90 Å². The van der Waals surface area contributed by atoms with Crippen molar-refractivity contribution in [2.75, 3.05) is 13.1 Å². The van der Waals surface area contributed by atoms with E-state index in [-0.39, 0.29) is 0 Å². The summed E-state index contributed by atoms with van der Waals surface area (Å²) in [6.45, 7) is 9.69. The number of carboxylic acids is 1. The lowest BCUT2D eigenvalue weighted by molar-refractivity contribution is -0.132. The topological polar surface area (TPSA) is 40.5 Å². The number of aliphatic carboxylic acids is 1. The van der Waals surface area contributed by atoms with Gasteiger partial charge in [0.1, 0.15) is 0 Å². The van der Waals surface area contributed by atoms with E-state index in [4.69, 9.17) is 5.11 Å². The van der Waals surface area contributed by atoms with E-state index in [1.165, 1.54) is 0 Å². The summed E-state index contributed by atoms with van der Waals surface area (Å²) < 4.78 is 0. The van der Waals surface area contributed by atoms with Crippen LogP contribution < -0.4 is 0 Å². The van der Waals surface area contributed by atoms with Crippen molar-refractivity contribution in [3.63, 3.8) is 0 Å². The van der Waals surface area contributed by atoms with E-state index in [1.54, 1.807) is 6.92 Å². The third kappa shape index (κ3) is 4.36. The average molecular weight is 213 g/mol. The second-order valence-corrected chi connectivity index (χ2v) is 3.65. The minimum atomic E-state index is -0.798. The Kier molecular flexibility index (Phi) is 6.84. The Hall–Kier alpha value is -0.990. The van der Waals surface area contributed by atoms with Gasteiger partial charge in [0.15, 0.2) is 0 Å². The van der Waals surface area contributed by atoms with Gasteiger partial charge in [-0.15, -0.1) is 0 Å². The third-order valence-electron chi connectivity index (χ3n) is 2.67. The van der Waals surface area contributed by atoms with Gasteiger partial charge in [-0.25, -0.2) is 4.79 Å². The maximum atomic E-state index is 11.0. The zero-order valence-corrected chi connectivity index (χ0v) is 10.3. The van der Waals surface area contributed by atoms with Gasteiger partial charge in [-0.05, 0) is 33.6 Å². The van der Waals surface area contributed by atoms with E-state index in [0.29, 0.717) is 5.57 Å². The molecule has 0 aromatic rings. The Morgan fingerprint density at radius 3 is 2.07 bits per heavy atom. The Bertz CT molecular complexity index is 230. The van der Waals surface area contributed by atoms with Crippen LogP contribution in [0.1, 0.15) is 47.0 Å². The van der Waals surface area contributed by atoms with E-state index in [1.807, 2.05) is 0 Å². The summed E-state index contributed by atoms with van der Waals surface area (Å²) in [6, 6.07) is 0. The summed E-state index contributed by atoms with van der Waals surface area (Å²) in [4.78, 5) is 13.1. The number of rotatable bonds is 7.